The minimum absolute atomic E-state index is 0.0983. The summed E-state index contributed by atoms with van der Waals surface area (Å²) in [6, 6.07) is -0.554. The van der Waals surface area contributed by atoms with Crippen molar-refractivity contribution < 1.29 is 9.66 Å². The van der Waals surface area contributed by atoms with Crippen molar-refractivity contribution in [2.45, 2.75) is 65.3 Å². The third-order valence-electron chi connectivity index (χ3n) is 2.58. The number of hydrogen-bond acceptors (Lipinski definition) is 3. The first-order valence-corrected chi connectivity index (χ1v) is 6.42. The summed E-state index contributed by atoms with van der Waals surface area (Å²) in [5.41, 5.74) is 0. The van der Waals surface area contributed by atoms with Gasteiger partial charge < -0.3 is 5.21 Å². The first-order chi connectivity index (χ1) is 8.07. The summed E-state index contributed by atoms with van der Waals surface area (Å²) < 4.78 is 0. The van der Waals surface area contributed by atoms with E-state index in [-0.39, 0.29) is 5.78 Å². The number of hydroxylamine groups is 1. The minimum Gasteiger partial charge on any atom is -0.595 e. The average molecular weight is 240 g/mol. The molecule has 0 rings (SSSR count). The highest BCUT2D eigenvalue weighted by molar-refractivity contribution is 5.80. The summed E-state index contributed by atoms with van der Waals surface area (Å²) in [5, 5.41) is 14.9. The molecule has 0 aliphatic heterocycles. The molecule has 0 aromatic rings. The second-order valence-electron chi connectivity index (χ2n) is 4.29. The van der Waals surface area contributed by atoms with Crippen molar-refractivity contribution in [3.05, 3.63) is 17.5 Å². The summed E-state index contributed by atoms with van der Waals surface area (Å²) in [4.78, 5) is 11.4. The van der Waals surface area contributed by atoms with Gasteiger partial charge in [0.15, 0.2) is 11.8 Å². The normalized spacial score (nSPS) is 14.2. The maximum absolute atomic E-state index is 11.2. The highest BCUT2D eigenvalue weighted by Crippen LogP contribution is 2.05. The van der Waals surface area contributed by atoms with Crippen LogP contribution in [0.4, 0.5) is 0 Å². The zero-order chi connectivity index (χ0) is 13.1. The number of rotatable bonds is 9. The van der Waals surface area contributed by atoms with Crippen LogP contribution in [-0.4, -0.2) is 16.7 Å². The smallest absolute Gasteiger partial charge is 0.205 e. The van der Waals surface area contributed by atoms with Crippen molar-refractivity contribution in [1.29, 1.82) is 0 Å². The third kappa shape index (κ3) is 9.72. The number of azo groups is 1. The number of unbranched alkanes of at least 4 members (excludes halogenated alkanes) is 5. The Morgan fingerprint density at radius 2 is 2.00 bits per heavy atom. The maximum atomic E-state index is 11.2. The van der Waals surface area contributed by atoms with Crippen molar-refractivity contribution in [3.63, 3.8) is 0 Å². The molecule has 1 unspecified atom stereocenters. The van der Waals surface area contributed by atoms with Crippen molar-refractivity contribution >= 4 is 5.78 Å². The standard InChI is InChI=1S/C13H24N2O2/c1-4-5-6-7-8-9-10-11-15(17)14-12(2)13(3)16/h10-12H,4-9H2,1-3H3/b11-10+,15-14?. The quantitative estimate of drug-likeness (QED) is 0.266. The molecule has 0 spiro atoms. The molecular formula is C13H24N2O2. The first kappa shape index (κ1) is 15.8. The molecule has 4 nitrogen and oxygen atoms in total. The van der Waals surface area contributed by atoms with Gasteiger partial charge in [0, 0.05) is 0 Å². The molecule has 0 aliphatic carbocycles. The zero-order valence-electron chi connectivity index (χ0n) is 11.2. The number of carbonyl (C=O) groups excluding carboxylic acids is 1. The fourth-order valence-corrected chi connectivity index (χ4v) is 1.32. The summed E-state index contributed by atoms with van der Waals surface area (Å²) >= 11 is 0. The fourth-order valence-electron chi connectivity index (χ4n) is 1.32. The Morgan fingerprint density at radius 3 is 2.59 bits per heavy atom. The molecular weight excluding hydrogens is 216 g/mol. The lowest BCUT2D eigenvalue weighted by Gasteiger charge is -1.98. The second kappa shape index (κ2) is 10.00. The highest BCUT2D eigenvalue weighted by atomic mass is 16.5. The van der Waals surface area contributed by atoms with E-state index in [0.29, 0.717) is 4.86 Å². The predicted molar refractivity (Wildman–Crippen MR) is 68.7 cm³/mol. The van der Waals surface area contributed by atoms with E-state index in [4.69, 9.17) is 0 Å². The lowest BCUT2D eigenvalue weighted by molar-refractivity contribution is -0.461. The zero-order valence-corrected chi connectivity index (χ0v) is 11.2. The number of ketones is 1. The Kier molecular flexibility index (Phi) is 9.30. The van der Waals surface area contributed by atoms with Gasteiger partial charge in [-0.1, -0.05) is 37.5 Å². The van der Waals surface area contributed by atoms with E-state index in [1.165, 1.54) is 38.8 Å². The minimum atomic E-state index is -0.554. The van der Waals surface area contributed by atoms with Crippen LogP contribution in [0.2, 0.25) is 0 Å². The molecule has 0 saturated carbocycles. The van der Waals surface area contributed by atoms with Crippen molar-refractivity contribution in [2.24, 2.45) is 5.11 Å². The third-order valence-corrected chi connectivity index (χ3v) is 2.58. The lowest BCUT2D eigenvalue weighted by Crippen LogP contribution is -2.12. The monoisotopic (exact) mass is 240 g/mol. The molecule has 0 heterocycles. The van der Waals surface area contributed by atoms with Crippen LogP contribution in [0.5, 0.6) is 0 Å². The van der Waals surface area contributed by atoms with Crippen LogP contribution in [0.1, 0.15) is 59.3 Å². The Balaban J connectivity index is 3.73. The largest absolute Gasteiger partial charge is 0.595 e. The van der Waals surface area contributed by atoms with E-state index in [1.807, 2.05) is 6.08 Å². The van der Waals surface area contributed by atoms with Crippen LogP contribution >= 0.6 is 0 Å². The Morgan fingerprint density at radius 1 is 1.35 bits per heavy atom. The van der Waals surface area contributed by atoms with Gasteiger partial charge in [0.2, 0.25) is 6.20 Å². The molecule has 0 amide bonds. The van der Waals surface area contributed by atoms with Crippen LogP contribution in [0.25, 0.3) is 0 Å². The van der Waals surface area contributed by atoms with Crippen LogP contribution in [0.15, 0.2) is 17.4 Å². The van der Waals surface area contributed by atoms with Gasteiger partial charge in [-0.2, -0.15) is 0 Å². The highest BCUT2D eigenvalue weighted by Gasteiger charge is 2.08. The van der Waals surface area contributed by atoms with E-state index in [9.17, 15) is 10.0 Å². The second-order valence-corrected chi connectivity index (χ2v) is 4.29. The molecule has 0 aliphatic rings. The van der Waals surface area contributed by atoms with Crippen molar-refractivity contribution in [3.8, 4) is 0 Å². The molecule has 0 aromatic carbocycles. The Bertz CT molecular complexity index is 273. The van der Waals surface area contributed by atoms with E-state index >= 15 is 0 Å². The number of allylic oxidation sites excluding steroid dienone is 1. The van der Waals surface area contributed by atoms with Gasteiger partial charge >= 0.3 is 0 Å². The van der Waals surface area contributed by atoms with Gasteiger partial charge in [0.05, 0.1) is 0 Å². The summed E-state index contributed by atoms with van der Waals surface area (Å²) in [5.74, 6) is -0.0983. The van der Waals surface area contributed by atoms with Gasteiger partial charge in [-0.15, -0.1) is 0 Å². The molecule has 0 fully saturated rings. The molecule has 0 saturated heterocycles. The van der Waals surface area contributed by atoms with Gasteiger partial charge in [-0.3, -0.25) is 4.79 Å². The van der Waals surface area contributed by atoms with E-state index < -0.39 is 6.04 Å². The van der Waals surface area contributed by atoms with E-state index in [0.717, 1.165) is 12.8 Å². The molecule has 1 atom stereocenters. The molecule has 98 valence electrons. The summed E-state index contributed by atoms with van der Waals surface area (Å²) in [6.45, 7) is 5.23. The van der Waals surface area contributed by atoms with E-state index in [2.05, 4.69) is 12.0 Å². The van der Waals surface area contributed by atoms with Gasteiger partial charge in [0.25, 0.3) is 0 Å². The summed E-state index contributed by atoms with van der Waals surface area (Å²) in [7, 11) is 0. The molecule has 0 N–H and O–H groups in total. The number of carbonyl (C=O) groups is 1. The SMILES string of the molecule is CCCCCCC/C=C/[N+]([O-])=NC(C)C(C)=O. The number of Topliss-reactive ketones (excluding diaryl/α,β-unsaturated/α-hetero) is 1. The number of hydrogen-bond donors (Lipinski definition) is 0. The molecule has 17 heavy (non-hydrogen) atoms. The topological polar surface area (TPSA) is 55.5 Å². The predicted octanol–water partition coefficient (Wildman–Crippen LogP) is 3.80. The number of nitrogens with zero attached hydrogens (tertiary/aromatic N) is 2. The Hall–Kier alpha value is -1.19. The van der Waals surface area contributed by atoms with Crippen LogP contribution in [0.3, 0.4) is 0 Å². The molecule has 0 bridgehead atoms. The van der Waals surface area contributed by atoms with Crippen molar-refractivity contribution in [2.75, 3.05) is 0 Å². The van der Waals surface area contributed by atoms with Crippen LogP contribution < -0.4 is 0 Å². The van der Waals surface area contributed by atoms with Gasteiger partial charge in [0.1, 0.15) is 0 Å². The van der Waals surface area contributed by atoms with Gasteiger partial charge in [-0.05, 0) is 37.9 Å². The Labute approximate surface area is 104 Å². The first-order valence-electron chi connectivity index (χ1n) is 6.42. The molecule has 0 radical (unpaired) electrons. The van der Waals surface area contributed by atoms with E-state index in [1.54, 1.807) is 6.92 Å². The lowest BCUT2D eigenvalue weighted by atomic mass is 10.1. The fraction of sp³-hybridized carbons (Fsp3) is 0.769. The molecule has 0 aromatic heterocycles. The summed E-state index contributed by atoms with van der Waals surface area (Å²) in [6.07, 6.45) is 10.2. The average Bonchev–Trinajstić information content (AvgIpc) is 2.27. The van der Waals surface area contributed by atoms with Crippen LogP contribution in [-0.2, 0) is 4.79 Å². The maximum Gasteiger partial charge on any atom is 0.205 e. The van der Waals surface area contributed by atoms with Gasteiger partial charge in [-0.25, -0.2) is 0 Å². The van der Waals surface area contributed by atoms with Crippen molar-refractivity contribution in [1.82, 2.24) is 0 Å². The molecule has 4 heteroatoms. The van der Waals surface area contributed by atoms with Crippen LogP contribution in [0, 0.1) is 5.21 Å².